The molecule has 26 heavy (non-hydrogen) atoms. The largest absolute Gasteiger partial charge is 0.376 e. The summed E-state index contributed by atoms with van der Waals surface area (Å²) in [4.78, 5) is 2.17. The van der Waals surface area contributed by atoms with Gasteiger partial charge in [-0.1, -0.05) is 12.1 Å². The van der Waals surface area contributed by atoms with Crippen molar-refractivity contribution in [1.29, 1.82) is 0 Å². The molecule has 3 aromatic rings. The number of rotatable bonds is 2. The first-order valence-electron chi connectivity index (χ1n) is 8.77. The summed E-state index contributed by atoms with van der Waals surface area (Å²) in [7, 11) is 0. The highest BCUT2D eigenvalue weighted by molar-refractivity contribution is 5.75. The summed E-state index contributed by atoms with van der Waals surface area (Å²) in [5, 5.41) is 20.7. The third-order valence-electron chi connectivity index (χ3n) is 5.59. The maximum Gasteiger partial charge on any atom is 0.129 e. The first-order chi connectivity index (χ1) is 12.7. The molecule has 3 heterocycles. The molecule has 0 aliphatic carbocycles. The minimum Gasteiger partial charge on any atom is -0.376 e. The van der Waals surface area contributed by atoms with Crippen molar-refractivity contribution < 1.29 is 9.50 Å². The molecule has 2 unspecified atom stereocenters. The first-order valence-corrected chi connectivity index (χ1v) is 8.77. The molecule has 2 aliphatic rings. The van der Waals surface area contributed by atoms with Crippen molar-refractivity contribution in [2.24, 2.45) is 0 Å². The lowest BCUT2D eigenvalue weighted by Crippen LogP contribution is -2.53. The van der Waals surface area contributed by atoms with Crippen LogP contribution in [0.1, 0.15) is 12.0 Å². The maximum atomic E-state index is 13.8. The lowest BCUT2D eigenvalue weighted by Gasteiger charge is -2.39. The van der Waals surface area contributed by atoms with Gasteiger partial charge >= 0.3 is 0 Å². The molecule has 1 aromatic heterocycles. The minimum atomic E-state index is -0.661. The summed E-state index contributed by atoms with van der Waals surface area (Å²) < 4.78 is 13.8. The standard InChI is InChI=1S/C20H19FN4O/c21-16-3-6-18-14(9-16)10-20(7-8-22-19(20)26)25(18)17-4-1-13(2-5-17)15-11-23-24-12-15/h1-6,9,11-12,19,22,26H,7-8,10H2,(H,23,24). The number of fused-ring (bicyclic) bond motifs is 1. The fraction of sp³-hybridized carbons (Fsp3) is 0.250. The highest BCUT2D eigenvalue weighted by Crippen LogP contribution is 2.48. The Morgan fingerprint density at radius 3 is 2.69 bits per heavy atom. The molecule has 5 rings (SSSR count). The second-order valence-corrected chi connectivity index (χ2v) is 7.03. The van der Waals surface area contributed by atoms with Gasteiger partial charge in [0.2, 0.25) is 0 Å². The summed E-state index contributed by atoms with van der Waals surface area (Å²) in [6, 6.07) is 13.1. The number of nitrogens with zero attached hydrogens (tertiary/aromatic N) is 2. The molecule has 2 atom stereocenters. The van der Waals surface area contributed by atoms with Gasteiger partial charge in [-0.2, -0.15) is 5.10 Å². The zero-order chi connectivity index (χ0) is 17.7. The topological polar surface area (TPSA) is 64.2 Å². The second kappa shape index (κ2) is 5.65. The van der Waals surface area contributed by atoms with Crippen LogP contribution in [-0.4, -0.2) is 33.6 Å². The van der Waals surface area contributed by atoms with Gasteiger partial charge in [0.1, 0.15) is 12.0 Å². The maximum absolute atomic E-state index is 13.8. The van der Waals surface area contributed by atoms with E-state index in [2.05, 4.69) is 20.4 Å². The molecule has 1 saturated heterocycles. The molecular formula is C20H19FN4O. The van der Waals surface area contributed by atoms with Crippen LogP contribution in [0, 0.1) is 5.82 Å². The summed E-state index contributed by atoms with van der Waals surface area (Å²) in [5.41, 5.74) is 4.51. The lowest BCUT2D eigenvalue weighted by atomic mass is 9.91. The zero-order valence-corrected chi connectivity index (χ0v) is 14.1. The van der Waals surface area contributed by atoms with Crippen molar-refractivity contribution in [3.05, 3.63) is 66.2 Å². The molecule has 132 valence electrons. The Bertz CT molecular complexity index is 941. The van der Waals surface area contributed by atoms with E-state index in [0.29, 0.717) is 6.42 Å². The van der Waals surface area contributed by atoms with Gasteiger partial charge in [0.25, 0.3) is 0 Å². The monoisotopic (exact) mass is 350 g/mol. The van der Waals surface area contributed by atoms with Gasteiger partial charge in [0, 0.05) is 29.6 Å². The third kappa shape index (κ3) is 2.19. The molecule has 0 saturated carbocycles. The van der Waals surface area contributed by atoms with Crippen molar-refractivity contribution in [2.45, 2.75) is 24.6 Å². The number of hydrogen-bond acceptors (Lipinski definition) is 4. The van der Waals surface area contributed by atoms with Crippen LogP contribution in [0.4, 0.5) is 15.8 Å². The van der Waals surface area contributed by atoms with Crippen LogP contribution in [-0.2, 0) is 6.42 Å². The van der Waals surface area contributed by atoms with E-state index in [4.69, 9.17) is 0 Å². The van der Waals surface area contributed by atoms with E-state index in [-0.39, 0.29) is 5.82 Å². The normalized spacial score (nSPS) is 24.4. The molecule has 1 spiro atoms. The smallest absolute Gasteiger partial charge is 0.129 e. The molecule has 0 radical (unpaired) electrons. The first kappa shape index (κ1) is 15.5. The summed E-state index contributed by atoms with van der Waals surface area (Å²) in [6.45, 7) is 0.737. The Morgan fingerprint density at radius 1 is 1.15 bits per heavy atom. The number of nitrogens with one attached hydrogen (secondary N) is 2. The number of halogens is 1. The van der Waals surface area contributed by atoms with Gasteiger partial charge < -0.3 is 10.0 Å². The van der Waals surface area contributed by atoms with E-state index >= 15 is 0 Å². The van der Waals surface area contributed by atoms with Gasteiger partial charge in [-0.25, -0.2) is 4.39 Å². The van der Waals surface area contributed by atoms with Crippen LogP contribution in [0.3, 0.4) is 0 Å². The van der Waals surface area contributed by atoms with Crippen molar-refractivity contribution in [1.82, 2.24) is 15.5 Å². The van der Waals surface area contributed by atoms with Crippen LogP contribution in [0.2, 0.25) is 0 Å². The molecule has 0 bridgehead atoms. The summed E-state index contributed by atoms with van der Waals surface area (Å²) in [5.74, 6) is -0.239. The van der Waals surface area contributed by atoms with Crippen molar-refractivity contribution in [3.63, 3.8) is 0 Å². The lowest BCUT2D eigenvalue weighted by molar-refractivity contribution is 0.0957. The molecule has 6 heteroatoms. The van der Waals surface area contributed by atoms with Crippen LogP contribution in [0.5, 0.6) is 0 Å². The number of aromatic nitrogens is 2. The summed E-state index contributed by atoms with van der Waals surface area (Å²) in [6.07, 6.45) is 4.40. The van der Waals surface area contributed by atoms with Gasteiger partial charge in [0.05, 0.1) is 11.7 Å². The van der Waals surface area contributed by atoms with Crippen LogP contribution >= 0.6 is 0 Å². The van der Waals surface area contributed by atoms with Crippen LogP contribution in [0.15, 0.2) is 54.9 Å². The molecular weight excluding hydrogens is 331 g/mol. The third-order valence-corrected chi connectivity index (χ3v) is 5.59. The van der Waals surface area contributed by atoms with E-state index in [1.165, 1.54) is 6.07 Å². The van der Waals surface area contributed by atoms with E-state index in [1.807, 2.05) is 36.5 Å². The number of hydrogen-bond donors (Lipinski definition) is 3. The quantitative estimate of drug-likeness (QED) is 0.665. The Labute approximate surface area is 150 Å². The van der Waals surface area contributed by atoms with Crippen LogP contribution in [0.25, 0.3) is 11.1 Å². The number of aromatic amines is 1. The van der Waals surface area contributed by atoms with E-state index in [0.717, 1.165) is 41.0 Å². The van der Waals surface area contributed by atoms with Crippen molar-refractivity contribution in [2.75, 3.05) is 11.4 Å². The Hall–Kier alpha value is -2.70. The molecule has 1 fully saturated rings. The Kier molecular flexibility index (Phi) is 3.38. The van der Waals surface area contributed by atoms with Crippen molar-refractivity contribution in [3.8, 4) is 11.1 Å². The predicted octanol–water partition coefficient (Wildman–Crippen LogP) is 2.96. The molecule has 2 aliphatic heterocycles. The minimum absolute atomic E-state index is 0.239. The van der Waals surface area contributed by atoms with E-state index in [9.17, 15) is 9.50 Å². The van der Waals surface area contributed by atoms with Gasteiger partial charge in [0.15, 0.2) is 0 Å². The Balaban J connectivity index is 1.61. The highest BCUT2D eigenvalue weighted by Gasteiger charge is 2.52. The van der Waals surface area contributed by atoms with Crippen LogP contribution < -0.4 is 10.2 Å². The Morgan fingerprint density at radius 2 is 2.00 bits per heavy atom. The molecule has 5 nitrogen and oxygen atoms in total. The average Bonchev–Trinajstić information content (AvgIpc) is 3.35. The SMILES string of the molecule is OC1NCCC12Cc1cc(F)ccc1N2c1ccc(-c2cn[nH]c2)cc1. The number of H-pyrrole nitrogens is 1. The predicted molar refractivity (Wildman–Crippen MR) is 97.6 cm³/mol. The molecule has 2 aromatic carbocycles. The number of anilines is 2. The van der Waals surface area contributed by atoms with Crippen molar-refractivity contribution >= 4 is 11.4 Å². The number of benzene rings is 2. The fourth-order valence-electron chi connectivity index (χ4n) is 4.34. The van der Waals surface area contributed by atoms with Gasteiger partial charge in [-0.3, -0.25) is 10.4 Å². The number of aliphatic hydroxyl groups excluding tert-OH is 1. The fourth-order valence-corrected chi connectivity index (χ4v) is 4.34. The number of aliphatic hydroxyl groups is 1. The average molecular weight is 350 g/mol. The van der Waals surface area contributed by atoms with Gasteiger partial charge in [-0.05, 0) is 54.4 Å². The summed E-state index contributed by atoms with van der Waals surface area (Å²) >= 11 is 0. The van der Waals surface area contributed by atoms with E-state index in [1.54, 1.807) is 12.3 Å². The zero-order valence-electron chi connectivity index (χ0n) is 14.1. The molecule has 0 amide bonds. The van der Waals surface area contributed by atoms with Gasteiger partial charge in [-0.15, -0.1) is 0 Å². The molecule has 3 N–H and O–H groups in total. The highest BCUT2D eigenvalue weighted by atomic mass is 19.1. The van der Waals surface area contributed by atoms with E-state index < -0.39 is 11.8 Å². The second-order valence-electron chi connectivity index (χ2n) is 7.03.